The van der Waals surface area contributed by atoms with Crippen molar-refractivity contribution in [3.05, 3.63) is 100 Å². The second kappa shape index (κ2) is 10.5. The Morgan fingerprint density at radius 3 is 2.76 bits per heavy atom. The molecule has 2 heterocycles. The number of aromatic nitrogens is 1. The standard InChI is InChI=1S/C31H33BN4O/c32-27-19-35-30-26(27)14-24(15-29(30)34-18-20-6-5-13-33-17-20)21-9-4-10-23(12-11-21)31(37)36-28-16-25(28)22-7-2-1-3-8-22/h1-3,5-8,13-15,17,19,21,23,25,28,30,34H,4,9-12,16,18H2,(H,36,37)/t21?,23?,25-,28+,30?/m0/s1. The van der Waals surface area contributed by atoms with Crippen LogP contribution in [0.1, 0.15) is 55.6 Å². The van der Waals surface area contributed by atoms with Crippen LogP contribution in [-0.4, -0.2) is 37.0 Å². The molecule has 2 N–H and O–H groups in total. The maximum atomic E-state index is 13.1. The number of pyridine rings is 1. The van der Waals surface area contributed by atoms with Gasteiger partial charge < -0.3 is 10.6 Å². The molecular weight excluding hydrogens is 455 g/mol. The molecule has 1 aromatic carbocycles. The summed E-state index contributed by atoms with van der Waals surface area (Å²) in [5.41, 5.74) is 6.70. The van der Waals surface area contributed by atoms with Gasteiger partial charge in [0.2, 0.25) is 5.91 Å². The average Bonchev–Trinajstić information content (AvgIpc) is 3.66. The Morgan fingerprint density at radius 1 is 1.03 bits per heavy atom. The number of aliphatic imine (C=N–C) groups is 1. The molecule has 2 aromatic rings. The lowest BCUT2D eigenvalue weighted by atomic mass is 9.80. The van der Waals surface area contributed by atoms with E-state index in [0.29, 0.717) is 24.4 Å². The lowest BCUT2D eigenvalue weighted by Crippen LogP contribution is -2.33. The van der Waals surface area contributed by atoms with Crippen molar-refractivity contribution in [2.24, 2.45) is 16.8 Å². The number of hydrogen-bond donors (Lipinski definition) is 2. The zero-order valence-electron chi connectivity index (χ0n) is 21.1. The summed E-state index contributed by atoms with van der Waals surface area (Å²) >= 11 is 0. The minimum absolute atomic E-state index is 0.0548. The van der Waals surface area contributed by atoms with E-state index in [-0.39, 0.29) is 17.9 Å². The fourth-order valence-corrected chi connectivity index (χ4v) is 6.07. The topological polar surface area (TPSA) is 66.4 Å². The van der Waals surface area contributed by atoms with E-state index < -0.39 is 0 Å². The second-order valence-corrected chi connectivity index (χ2v) is 10.8. The number of allylic oxidation sites excluding steroid dienone is 3. The van der Waals surface area contributed by atoms with E-state index in [1.807, 2.05) is 18.3 Å². The molecule has 2 fully saturated rings. The van der Waals surface area contributed by atoms with Gasteiger partial charge in [0.15, 0.2) is 0 Å². The number of fused-ring (bicyclic) bond motifs is 1. The molecule has 1 amide bonds. The minimum Gasteiger partial charge on any atom is -0.382 e. The largest absolute Gasteiger partial charge is 0.382 e. The van der Waals surface area contributed by atoms with E-state index >= 15 is 0 Å². The van der Waals surface area contributed by atoms with Crippen LogP contribution in [0.3, 0.4) is 0 Å². The first-order chi connectivity index (χ1) is 18.2. The van der Waals surface area contributed by atoms with Gasteiger partial charge in [0, 0.05) is 48.7 Å². The molecule has 3 aliphatic carbocycles. The second-order valence-electron chi connectivity index (χ2n) is 10.8. The minimum atomic E-state index is -0.0548. The summed E-state index contributed by atoms with van der Waals surface area (Å²) in [6.07, 6.45) is 16.1. The van der Waals surface area contributed by atoms with E-state index in [9.17, 15) is 4.79 Å². The van der Waals surface area contributed by atoms with Crippen LogP contribution in [0.25, 0.3) is 0 Å². The van der Waals surface area contributed by atoms with Gasteiger partial charge in [-0.05, 0) is 72.4 Å². The van der Waals surface area contributed by atoms with E-state index in [0.717, 1.165) is 60.8 Å². The Labute approximate surface area is 220 Å². The van der Waals surface area contributed by atoms with Gasteiger partial charge in [-0.25, -0.2) is 0 Å². The Morgan fingerprint density at radius 2 is 1.92 bits per heavy atom. The smallest absolute Gasteiger partial charge is 0.223 e. The van der Waals surface area contributed by atoms with E-state index in [1.54, 1.807) is 12.4 Å². The van der Waals surface area contributed by atoms with Gasteiger partial charge in [0.05, 0.1) is 0 Å². The molecule has 2 saturated carbocycles. The molecule has 1 aromatic heterocycles. The van der Waals surface area contributed by atoms with Crippen LogP contribution in [0.4, 0.5) is 0 Å². The Kier molecular flexibility index (Phi) is 6.82. The van der Waals surface area contributed by atoms with Crippen LogP contribution in [0, 0.1) is 11.8 Å². The van der Waals surface area contributed by atoms with E-state index in [4.69, 9.17) is 7.85 Å². The fraction of sp³-hybridized carbons (Fsp3) is 0.387. The monoisotopic (exact) mass is 488 g/mol. The highest BCUT2D eigenvalue weighted by molar-refractivity contribution is 6.34. The molecule has 0 saturated heterocycles. The first-order valence-corrected chi connectivity index (χ1v) is 13.6. The molecule has 1 aliphatic heterocycles. The Balaban J connectivity index is 1.09. The number of nitrogens with one attached hydrogen (secondary N) is 2. The first-order valence-electron chi connectivity index (χ1n) is 13.6. The molecule has 37 heavy (non-hydrogen) atoms. The zero-order chi connectivity index (χ0) is 25.2. The number of hydrogen-bond acceptors (Lipinski definition) is 4. The number of carbonyl (C=O) groups excluding carboxylic acids is 1. The molecular formula is C31H33BN4O. The van der Waals surface area contributed by atoms with Crippen molar-refractivity contribution in [1.29, 1.82) is 0 Å². The van der Waals surface area contributed by atoms with Gasteiger partial charge in [0.1, 0.15) is 13.9 Å². The normalized spacial score (nSPS) is 28.6. The van der Waals surface area contributed by atoms with Gasteiger partial charge in [-0.1, -0.05) is 54.4 Å². The number of carbonyl (C=O) groups is 1. The maximum absolute atomic E-state index is 13.1. The van der Waals surface area contributed by atoms with Gasteiger partial charge in [-0.15, -0.1) is 0 Å². The van der Waals surface area contributed by atoms with E-state index in [1.165, 1.54) is 11.1 Å². The highest BCUT2D eigenvalue weighted by Crippen LogP contribution is 2.42. The summed E-state index contributed by atoms with van der Waals surface area (Å²) in [6.45, 7) is 0.699. The van der Waals surface area contributed by atoms with Crippen molar-refractivity contribution in [3.63, 3.8) is 0 Å². The molecule has 0 spiro atoms. The highest BCUT2D eigenvalue weighted by Gasteiger charge is 2.40. The predicted octanol–water partition coefficient (Wildman–Crippen LogP) is 4.74. The van der Waals surface area contributed by atoms with Crippen LogP contribution >= 0.6 is 0 Å². The van der Waals surface area contributed by atoms with Crippen molar-refractivity contribution in [2.45, 2.75) is 63.1 Å². The van der Waals surface area contributed by atoms with Gasteiger partial charge in [0.25, 0.3) is 0 Å². The van der Waals surface area contributed by atoms with Crippen LogP contribution < -0.4 is 10.6 Å². The lowest BCUT2D eigenvalue weighted by Gasteiger charge is -2.27. The summed E-state index contributed by atoms with van der Waals surface area (Å²) in [7, 11) is 6.32. The van der Waals surface area contributed by atoms with Gasteiger partial charge in [-0.3, -0.25) is 14.8 Å². The van der Waals surface area contributed by atoms with Crippen molar-refractivity contribution >= 4 is 20.0 Å². The molecule has 6 heteroatoms. The summed E-state index contributed by atoms with van der Waals surface area (Å²) in [4.78, 5) is 22.0. The molecule has 4 aliphatic rings. The number of amides is 1. The number of rotatable bonds is 7. The molecule has 6 rings (SSSR count). The summed E-state index contributed by atoms with van der Waals surface area (Å²) in [5, 5.41) is 6.95. The lowest BCUT2D eigenvalue weighted by molar-refractivity contribution is -0.125. The van der Waals surface area contributed by atoms with Gasteiger partial charge >= 0.3 is 0 Å². The highest BCUT2D eigenvalue weighted by atomic mass is 16.2. The number of benzene rings is 1. The van der Waals surface area contributed by atoms with Crippen molar-refractivity contribution in [2.75, 3.05) is 0 Å². The first kappa shape index (κ1) is 24.0. The Hall–Kier alpha value is -3.41. The predicted molar refractivity (Wildman–Crippen MR) is 148 cm³/mol. The summed E-state index contributed by atoms with van der Waals surface area (Å²) < 4.78 is 0. The maximum Gasteiger partial charge on any atom is 0.223 e. The molecule has 186 valence electrons. The number of nitrogens with zero attached hydrogens (tertiary/aromatic N) is 2. The summed E-state index contributed by atoms with van der Waals surface area (Å²) in [6, 6.07) is 14.8. The zero-order valence-corrected chi connectivity index (χ0v) is 21.1. The van der Waals surface area contributed by atoms with Gasteiger partial charge in [-0.2, -0.15) is 0 Å². The van der Waals surface area contributed by atoms with Crippen LogP contribution in [0.2, 0.25) is 0 Å². The quantitative estimate of drug-likeness (QED) is 0.437. The SMILES string of the molecule is [B]C1=C2C=C(C3CCCC(C(=O)N[C@@H]4C[C@H]4c4ccccc4)CC3)C=C(NCc3cccnc3)C2N=C1. The van der Waals surface area contributed by atoms with E-state index in [2.05, 4.69) is 63.1 Å². The summed E-state index contributed by atoms with van der Waals surface area (Å²) in [5.74, 6) is 1.24. The molecule has 5 nitrogen and oxygen atoms in total. The molecule has 3 unspecified atom stereocenters. The van der Waals surface area contributed by atoms with Crippen molar-refractivity contribution in [3.8, 4) is 0 Å². The van der Waals surface area contributed by atoms with Crippen molar-refractivity contribution in [1.82, 2.24) is 15.6 Å². The third-order valence-corrected chi connectivity index (χ3v) is 8.31. The average molecular weight is 488 g/mol. The molecule has 0 bridgehead atoms. The Bertz CT molecular complexity index is 1270. The third kappa shape index (κ3) is 5.34. The van der Waals surface area contributed by atoms with Crippen LogP contribution in [-0.2, 0) is 11.3 Å². The van der Waals surface area contributed by atoms with Crippen LogP contribution in [0.15, 0.2) is 94.3 Å². The molecule has 5 atom stereocenters. The third-order valence-electron chi connectivity index (χ3n) is 8.31. The fourth-order valence-electron chi connectivity index (χ4n) is 6.07. The molecule has 2 radical (unpaired) electrons. The van der Waals surface area contributed by atoms with Crippen LogP contribution in [0.5, 0.6) is 0 Å². The van der Waals surface area contributed by atoms with Crippen molar-refractivity contribution < 1.29 is 4.79 Å².